The molecule has 0 unspecified atom stereocenters. The van der Waals surface area contributed by atoms with Crippen molar-refractivity contribution in [3.63, 3.8) is 0 Å². The van der Waals surface area contributed by atoms with E-state index in [-0.39, 0.29) is 11.5 Å². The molecule has 2 N–H and O–H groups in total. The maximum Gasteiger partial charge on any atom is 0.258 e. The zero-order chi connectivity index (χ0) is 14.8. The van der Waals surface area contributed by atoms with E-state index in [1.165, 1.54) is 34.5 Å². The summed E-state index contributed by atoms with van der Waals surface area (Å²) in [6.45, 7) is 2.04. The summed E-state index contributed by atoms with van der Waals surface area (Å²) in [6.07, 6.45) is 1.38. The number of amides is 1. The van der Waals surface area contributed by atoms with Crippen LogP contribution in [-0.2, 0) is 0 Å². The molecule has 0 aliphatic heterocycles. The first-order valence-corrected chi connectivity index (χ1v) is 7.84. The minimum absolute atomic E-state index is 0.240. The Morgan fingerprint density at radius 3 is 2.81 bits per heavy atom. The smallest absolute Gasteiger partial charge is 0.258 e. The lowest BCUT2D eigenvalue weighted by atomic mass is 10.3. The molecule has 7 heteroatoms. The van der Waals surface area contributed by atoms with E-state index in [0.717, 1.165) is 10.6 Å². The van der Waals surface area contributed by atoms with E-state index < -0.39 is 0 Å². The monoisotopic (exact) mass is 317 g/mol. The van der Waals surface area contributed by atoms with Crippen LogP contribution in [0.15, 0.2) is 40.6 Å². The molecule has 3 rings (SSSR count). The van der Waals surface area contributed by atoms with Crippen LogP contribution in [0.2, 0.25) is 0 Å². The first kappa shape index (κ1) is 13.7. The molecule has 0 aliphatic carbocycles. The predicted molar refractivity (Wildman–Crippen MR) is 85.2 cm³/mol. The molecule has 0 atom stereocenters. The fourth-order valence-electron chi connectivity index (χ4n) is 1.74. The van der Waals surface area contributed by atoms with E-state index in [4.69, 9.17) is 0 Å². The van der Waals surface area contributed by atoms with Crippen molar-refractivity contribution in [3.05, 3.63) is 56.6 Å². The number of aromatic nitrogens is 2. The molecule has 3 aromatic heterocycles. The third-order valence-corrected chi connectivity index (χ3v) is 4.54. The zero-order valence-corrected chi connectivity index (χ0v) is 12.7. The van der Waals surface area contributed by atoms with Crippen LogP contribution in [0.4, 0.5) is 5.13 Å². The van der Waals surface area contributed by atoms with Crippen LogP contribution in [0, 0.1) is 6.92 Å². The van der Waals surface area contributed by atoms with E-state index in [2.05, 4.69) is 15.3 Å². The number of aromatic amines is 1. The van der Waals surface area contributed by atoms with Crippen LogP contribution < -0.4 is 10.9 Å². The number of nitrogens with zero attached hydrogens (tertiary/aromatic N) is 1. The minimum Gasteiger partial charge on any atom is -0.328 e. The molecular weight excluding hydrogens is 306 g/mol. The van der Waals surface area contributed by atoms with Gasteiger partial charge in [0, 0.05) is 22.5 Å². The number of hydrogen-bond acceptors (Lipinski definition) is 5. The third-order valence-electron chi connectivity index (χ3n) is 2.76. The van der Waals surface area contributed by atoms with Crippen molar-refractivity contribution >= 4 is 33.7 Å². The van der Waals surface area contributed by atoms with Gasteiger partial charge >= 0.3 is 0 Å². The van der Waals surface area contributed by atoms with Gasteiger partial charge in [0.25, 0.3) is 5.91 Å². The highest BCUT2D eigenvalue weighted by Crippen LogP contribution is 2.30. The zero-order valence-electron chi connectivity index (χ0n) is 11.0. The van der Waals surface area contributed by atoms with Crippen molar-refractivity contribution in [2.24, 2.45) is 0 Å². The molecule has 5 nitrogen and oxygen atoms in total. The van der Waals surface area contributed by atoms with Gasteiger partial charge in [-0.15, -0.1) is 22.7 Å². The van der Waals surface area contributed by atoms with Crippen molar-refractivity contribution in [3.8, 4) is 10.6 Å². The second kappa shape index (κ2) is 5.63. The number of hydrogen-bond donors (Lipinski definition) is 2. The SMILES string of the molecule is Cc1ccc(-c2csc(NC(=O)c3ccc(=O)[nH]c3)n2)s1. The standard InChI is InChI=1S/C14H11N3O2S2/c1-8-2-4-11(21-8)10-7-20-14(16-10)17-13(19)9-3-5-12(18)15-6-9/h2-7H,1H3,(H,15,18)(H,16,17,19). The molecule has 3 aromatic rings. The van der Waals surface area contributed by atoms with Crippen molar-refractivity contribution < 1.29 is 4.79 Å². The molecule has 21 heavy (non-hydrogen) atoms. The molecular formula is C14H11N3O2S2. The summed E-state index contributed by atoms with van der Waals surface area (Å²) >= 11 is 3.03. The molecule has 0 bridgehead atoms. The highest BCUT2D eigenvalue weighted by Gasteiger charge is 2.10. The summed E-state index contributed by atoms with van der Waals surface area (Å²) in [5.41, 5.74) is 1.00. The summed E-state index contributed by atoms with van der Waals surface area (Å²) in [5.74, 6) is -0.297. The quantitative estimate of drug-likeness (QED) is 0.779. The maximum atomic E-state index is 12.0. The number of carbonyl (C=O) groups excluding carboxylic acids is 1. The van der Waals surface area contributed by atoms with Crippen LogP contribution in [0.5, 0.6) is 0 Å². The molecule has 0 aliphatic rings. The number of pyridine rings is 1. The number of carbonyl (C=O) groups is 1. The average Bonchev–Trinajstić information content (AvgIpc) is 3.08. The molecule has 0 saturated heterocycles. The Bertz CT molecular complexity index is 827. The molecule has 0 spiro atoms. The lowest BCUT2D eigenvalue weighted by Crippen LogP contribution is -2.14. The molecule has 0 radical (unpaired) electrons. The largest absolute Gasteiger partial charge is 0.328 e. The number of anilines is 1. The van der Waals surface area contributed by atoms with Gasteiger partial charge in [0.1, 0.15) is 0 Å². The van der Waals surface area contributed by atoms with E-state index in [0.29, 0.717) is 10.7 Å². The number of thiophene rings is 1. The normalized spacial score (nSPS) is 10.5. The van der Waals surface area contributed by atoms with Gasteiger partial charge in [-0.1, -0.05) is 0 Å². The Morgan fingerprint density at radius 2 is 2.14 bits per heavy atom. The fourth-order valence-corrected chi connectivity index (χ4v) is 3.35. The summed E-state index contributed by atoms with van der Waals surface area (Å²) in [7, 11) is 0. The molecule has 106 valence electrons. The van der Waals surface area contributed by atoms with Gasteiger partial charge in [-0.25, -0.2) is 4.98 Å². The summed E-state index contributed by atoms with van der Waals surface area (Å²) in [4.78, 5) is 32.1. The molecule has 0 aromatic carbocycles. The number of aryl methyl sites for hydroxylation is 1. The first-order valence-electron chi connectivity index (χ1n) is 6.14. The van der Waals surface area contributed by atoms with Gasteiger partial charge in [0.05, 0.1) is 16.1 Å². The number of H-pyrrole nitrogens is 1. The third kappa shape index (κ3) is 3.09. The highest BCUT2D eigenvalue weighted by molar-refractivity contribution is 7.17. The predicted octanol–water partition coefficient (Wildman–Crippen LogP) is 3.12. The average molecular weight is 317 g/mol. The van der Waals surface area contributed by atoms with Gasteiger partial charge in [0.2, 0.25) is 5.56 Å². The van der Waals surface area contributed by atoms with E-state index in [9.17, 15) is 9.59 Å². The van der Waals surface area contributed by atoms with Gasteiger partial charge in [-0.2, -0.15) is 0 Å². The van der Waals surface area contributed by atoms with Gasteiger partial charge < -0.3 is 4.98 Å². The molecule has 0 saturated carbocycles. The minimum atomic E-state index is -0.297. The lowest BCUT2D eigenvalue weighted by molar-refractivity contribution is 0.102. The van der Waals surface area contributed by atoms with E-state index in [1.807, 2.05) is 24.4 Å². The second-order valence-electron chi connectivity index (χ2n) is 4.34. The number of rotatable bonds is 3. The van der Waals surface area contributed by atoms with Crippen molar-refractivity contribution in [1.29, 1.82) is 0 Å². The van der Waals surface area contributed by atoms with E-state index in [1.54, 1.807) is 11.3 Å². The molecule has 1 amide bonds. The van der Waals surface area contributed by atoms with E-state index >= 15 is 0 Å². The topological polar surface area (TPSA) is 74.8 Å². The summed E-state index contributed by atoms with van der Waals surface area (Å²) in [5, 5.41) is 5.17. The highest BCUT2D eigenvalue weighted by atomic mass is 32.1. The van der Waals surface area contributed by atoms with Crippen LogP contribution >= 0.6 is 22.7 Å². The second-order valence-corrected chi connectivity index (χ2v) is 6.49. The summed E-state index contributed by atoms with van der Waals surface area (Å²) in [6, 6.07) is 6.85. The van der Waals surface area contributed by atoms with Gasteiger partial charge in [-0.3, -0.25) is 14.9 Å². The molecule has 3 heterocycles. The Kier molecular flexibility index (Phi) is 3.68. The lowest BCUT2D eigenvalue weighted by Gasteiger charge is -2.00. The number of thiazole rings is 1. The Morgan fingerprint density at radius 1 is 1.29 bits per heavy atom. The Balaban J connectivity index is 1.76. The fraction of sp³-hybridized carbons (Fsp3) is 0.0714. The van der Waals surface area contributed by atoms with Crippen molar-refractivity contribution in [2.75, 3.05) is 5.32 Å². The molecule has 0 fully saturated rings. The maximum absolute atomic E-state index is 12.0. The van der Waals surface area contributed by atoms with Crippen LogP contribution in [0.1, 0.15) is 15.2 Å². The van der Waals surface area contributed by atoms with Gasteiger partial charge in [0.15, 0.2) is 5.13 Å². The summed E-state index contributed by atoms with van der Waals surface area (Å²) < 4.78 is 0. The van der Waals surface area contributed by atoms with Gasteiger partial charge in [-0.05, 0) is 25.1 Å². The Hall–Kier alpha value is -2.25. The van der Waals surface area contributed by atoms with Crippen molar-refractivity contribution in [1.82, 2.24) is 9.97 Å². The Labute approximate surface area is 128 Å². The first-order chi connectivity index (χ1) is 10.1. The van der Waals surface area contributed by atoms with Crippen LogP contribution in [0.3, 0.4) is 0 Å². The van der Waals surface area contributed by atoms with Crippen LogP contribution in [-0.4, -0.2) is 15.9 Å². The van der Waals surface area contributed by atoms with Crippen molar-refractivity contribution in [2.45, 2.75) is 6.92 Å². The van der Waals surface area contributed by atoms with Crippen LogP contribution in [0.25, 0.3) is 10.6 Å². The number of nitrogens with one attached hydrogen (secondary N) is 2.